The van der Waals surface area contributed by atoms with E-state index in [2.05, 4.69) is 53.9 Å². The van der Waals surface area contributed by atoms with Crippen LogP contribution >= 0.6 is 59.1 Å². The second kappa shape index (κ2) is 2.82. The van der Waals surface area contributed by atoms with Crippen molar-refractivity contribution in [3.63, 3.8) is 0 Å². The summed E-state index contributed by atoms with van der Waals surface area (Å²) >= 11 is 11.5. The molecule has 4 heteroatoms. The summed E-state index contributed by atoms with van der Waals surface area (Å²) in [6.45, 7) is 0. The van der Waals surface area contributed by atoms with E-state index in [4.69, 9.17) is 0 Å². The van der Waals surface area contributed by atoms with Crippen molar-refractivity contribution >= 4 is 59.1 Å². The predicted molar refractivity (Wildman–Crippen MR) is 46.3 cm³/mol. The highest BCUT2D eigenvalue weighted by molar-refractivity contribution is 9.14. The second-order valence-corrected chi connectivity index (χ2v) is 5.54. The molecule has 0 aromatic carbocycles. The van der Waals surface area contributed by atoms with Gasteiger partial charge in [0, 0.05) is 6.07 Å². The van der Waals surface area contributed by atoms with Gasteiger partial charge in [0.05, 0.1) is 12.0 Å². The van der Waals surface area contributed by atoms with Gasteiger partial charge in [0.25, 0.3) is 0 Å². The van der Waals surface area contributed by atoms with E-state index in [-0.39, 0.29) is 0 Å². The van der Waals surface area contributed by atoms with Gasteiger partial charge in [-0.2, -0.15) is 0 Å². The molecule has 0 saturated heterocycles. The van der Waals surface area contributed by atoms with Crippen LogP contribution in [-0.2, 0) is 0 Å². The summed E-state index contributed by atoms with van der Waals surface area (Å²) in [4.78, 5) is 0. The minimum absolute atomic E-state index is 0.981. The molecule has 0 nitrogen and oxygen atoms in total. The average molecular weight is 320 g/mol. The van der Waals surface area contributed by atoms with Gasteiger partial charge in [-0.25, -0.2) is 0 Å². The topological polar surface area (TPSA) is 0 Å². The van der Waals surface area contributed by atoms with Crippen molar-refractivity contribution in [2.24, 2.45) is 0 Å². The van der Waals surface area contributed by atoms with Crippen LogP contribution in [0.3, 0.4) is 0 Å². The van der Waals surface area contributed by atoms with Crippen molar-refractivity contribution in [2.45, 2.75) is 0 Å². The third kappa shape index (κ3) is 1.56. The summed E-state index contributed by atoms with van der Waals surface area (Å²) in [7, 11) is 0. The zero-order valence-corrected chi connectivity index (χ0v) is 9.12. The molecule has 0 atom stereocenters. The predicted octanol–water partition coefficient (Wildman–Crippen LogP) is 3.84. The molecule has 0 amide bonds. The Kier molecular flexibility index (Phi) is 2.55. The van der Waals surface area contributed by atoms with E-state index < -0.39 is 0 Å². The Hall–Kier alpha value is 1.14. The Bertz CT molecular complexity index is 174. The smallest absolute Gasteiger partial charge is 0.0858 e. The van der Waals surface area contributed by atoms with Gasteiger partial charge in [-0.1, -0.05) is 0 Å². The van der Waals surface area contributed by atoms with Crippen LogP contribution < -0.4 is 0 Å². The molecule has 0 N–H and O–H groups in total. The van der Waals surface area contributed by atoms with E-state index in [1.807, 2.05) is 0 Å². The van der Waals surface area contributed by atoms with Crippen LogP contribution in [-0.4, -0.2) is 0 Å². The van der Waals surface area contributed by atoms with Crippen molar-refractivity contribution in [1.82, 2.24) is 0 Å². The third-order valence-electron chi connectivity index (χ3n) is 0.560. The highest BCUT2D eigenvalue weighted by atomic mass is 79.9. The summed E-state index contributed by atoms with van der Waals surface area (Å²) in [6.07, 6.45) is 0. The molecule has 1 aromatic heterocycles. The van der Waals surface area contributed by atoms with Crippen LogP contribution in [0.5, 0.6) is 0 Å². The maximum atomic E-state index is 3.33. The summed E-state index contributed by atoms with van der Waals surface area (Å²) in [5.41, 5.74) is 0. The zero-order valence-electron chi connectivity index (χ0n) is 3.54. The lowest BCUT2D eigenvalue weighted by Gasteiger charge is -1.73. The number of halogens is 3. The quantitative estimate of drug-likeness (QED) is 0.681. The van der Waals surface area contributed by atoms with Crippen LogP contribution in [0.4, 0.5) is 0 Å². The van der Waals surface area contributed by atoms with Gasteiger partial charge in [-0.05, 0) is 47.8 Å². The second-order valence-electron chi connectivity index (χ2n) is 1.09. The molecule has 0 saturated carbocycles. The van der Waals surface area contributed by atoms with Crippen LogP contribution in [0.15, 0.2) is 12.0 Å². The Morgan fingerprint density at radius 3 is 2.00 bits per heavy atom. The molecule has 1 heterocycles. The van der Waals surface area contributed by atoms with Gasteiger partial charge in [0.1, 0.15) is 0 Å². The highest BCUT2D eigenvalue weighted by Crippen LogP contribution is 2.34. The summed E-state index contributed by atoms with van der Waals surface area (Å²) in [6, 6.07) is 3.01. The Morgan fingerprint density at radius 2 is 1.88 bits per heavy atom. The molecule has 1 rings (SSSR count). The lowest BCUT2D eigenvalue weighted by molar-refractivity contribution is 1.79. The number of thiophene rings is 1. The monoisotopic (exact) mass is 317 g/mol. The number of hydrogen-bond acceptors (Lipinski definition) is 1. The minimum Gasteiger partial charge on any atom is -0.119 e. The fourth-order valence-corrected chi connectivity index (χ4v) is 3.49. The molecule has 8 heavy (non-hydrogen) atoms. The summed E-state index contributed by atoms with van der Waals surface area (Å²) in [5.74, 6) is 0. The average Bonchev–Trinajstić information content (AvgIpc) is 1.85. The Morgan fingerprint density at radius 1 is 1.25 bits per heavy atom. The number of rotatable bonds is 0. The molecule has 0 fully saturated rings. The minimum atomic E-state index is 0.981. The van der Waals surface area contributed by atoms with Gasteiger partial charge < -0.3 is 0 Å². The van der Waals surface area contributed by atoms with Gasteiger partial charge in [0.2, 0.25) is 0 Å². The lowest BCUT2D eigenvalue weighted by atomic mass is 10.7. The van der Waals surface area contributed by atoms with E-state index >= 15 is 0 Å². The van der Waals surface area contributed by atoms with E-state index in [0.29, 0.717) is 0 Å². The summed E-state index contributed by atoms with van der Waals surface area (Å²) in [5, 5.41) is 0. The molecular weight excluding hydrogens is 320 g/mol. The standard InChI is InChI=1S/C4Br3S/c5-2-1-3(6)8-4(2)7. The zero-order chi connectivity index (χ0) is 6.15. The van der Waals surface area contributed by atoms with Crippen LogP contribution in [0.2, 0.25) is 0 Å². The fourth-order valence-electron chi connectivity index (χ4n) is 0.284. The van der Waals surface area contributed by atoms with E-state index in [0.717, 1.165) is 12.0 Å². The van der Waals surface area contributed by atoms with Crippen molar-refractivity contribution in [3.8, 4) is 0 Å². The first-order valence-electron chi connectivity index (χ1n) is 1.73. The molecule has 0 spiro atoms. The molecule has 1 aromatic rings. The third-order valence-corrected chi connectivity index (χ3v) is 4.18. The van der Waals surface area contributed by atoms with E-state index in [1.54, 1.807) is 11.3 Å². The van der Waals surface area contributed by atoms with Gasteiger partial charge in [-0.3, -0.25) is 0 Å². The van der Waals surface area contributed by atoms with Crippen LogP contribution in [0.25, 0.3) is 0 Å². The molecular formula is C4Br3S. The molecule has 0 aliphatic heterocycles. The van der Waals surface area contributed by atoms with Crippen molar-refractivity contribution in [2.75, 3.05) is 0 Å². The van der Waals surface area contributed by atoms with Crippen molar-refractivity contribution < 1.29 is 0 Å². The maximum Gasteiger partial charge on any atom is 0.0858 e. The largest absolute Gasteiger partial charge is 0.119 e. The summed E-state index contributed by atoms with van der Waals surface area (Å²) < 4.78 is 3.06. The van der Waals surface area contributed by atoms with E-state index in [9.17, 15) is 0 Å². The molecule has 0 unspecified atom stereocenters. The normalized spacial score (nSPS) is 9.88. The molecule has 0 aliphatic carbocycles. The first-order chi connectivity index (χ1) is 3.70. The maximum absolute atomic E-state index is 3.33. The van der Waals surface area contributed by atoms with Gasteiger partial charge in [0.15, 0.2) is 0 Å². The Labute approximate surface area is 76.7 Å². The first kappa shape index (κ1) is 7.25. The number of hydrogen-bond donors (Lipinski definition) is 0. The SMILES string of the molecule is Brc1[c]c(Br)c(Br)s1. The molecule has 0 aliphatic rings. The lowest BCUT2D eigenvalue weighted by Crippen LogP contribution is -1.46. The van der Waals surface area contributed by atoms with Gasteiger partial charge in [-0.15, -0.1) is 11.3 Å². The van der Waals surface area contributed by atoms with Gasteiger partial charge >= 0.3 is 0 Å². The molecule has 0 bridgehead atoms. The van der Waals surface area contributed by atoms with Crippen LogP contribution in [0, 0.1) is 6.07 Å². The molecule has 1 radical (unpaired) electrons. The molecule has 43 valence electrons. The Balaban J connectivity index is 3.14. The van der Waals surface area contributed by atoms with Crippen LogP contribution in [0.1, 0.15) is 0 Å². The highest BCUT2D eigenvalue weighted by Gasteiger charge is 1.99. The van der Waals surface area contributed by atoms with Crippen molar-refractivity contribution in [3.05, 3.63) is 18.1 Å². The van der Waals surface area contributed by atoms with E-state index in [1.165, 1.54) is 0 Å². The first-order valence-corrected chi connectivity index (χ1v) is 4.92. The fraction of sp³-hybridized carbons (Fsp3) is 0. The van der Waals surface area contributed by atoms with Crippen molar-refractivity contribution in [1.29, 1.82) is 0 Å².